The van der Waals surface area contributed by atoms with E-state index in [0.717, 1.165) is 17.0 Å². The lowest BCUT2D eigenvalue weighted by molar-refractivity contribution is -0.142. The molecule has 0 bridgehead atoms. The Hall–Kier alpha value is -1.92. The van der Waals surface area contributed by atoms with Crippen molar-refractivity contribution in [2.24, 2.45) is 0 Å². The average Bonchev–Trinajstić information content (AvgIpc) is 2.59. The molecule has 0 radical (unpaired) electrons. The standard InChI is InChI=1S/C18H19ClN2O3S/c1-11-13(12(2)21-18(20-11)25-3)8-9-17(23)24-10-16(22)14-6-4-5-7-15(14)19/h4-7H,8-10H2,1-3H3. The topological polar surface area (TPSA) is 69.2 Å². The zero-order valence-electron chi connectivity index (χ0n) is 14.3. The Balaban J connectivity index is 1.89. The molecule has 1 heterocycles. The van der Waals surface area contributed by atoms with Crippen LogP contribution in [0.4, 0.5) is 0 Å². The summed E-state index contributed by atoms with van der Waals surface area (Å²) >= 11 is 7.44. The number of carbonyl (C=O) groups is 2. The molecule has 1 aromatic carbocycles. The summed E-state index contributed by atoms with van der Waals surface area (Å²) in [6.07, 6.45) is 2.56. The number of esters is 1. The number of halogens is 1. The second-order valence-electron chi connectivity index (χ2n) is 5.42. The number of aromatic nitrogens is 2. The average molecular weight is 379 g/mol. The molecule has 7 heteroatoms. The van der Waals surface area contributed by atoms with Gasteiger partial charge in [-0.05, 0) is 44.2 Å². The molecular weight excluding hydrogens is 360 g/mol. The molecule has 0 saturated heterocycles. The van der Waals surface area contributed by atoms with Crippen LogP contribution in [-0.4, -0.2) is 34.6 Å². The predicted molar refractivity (Wildman–Crippen MR) is 98.3 cm³/mol. The van der Waals surface area contributed by atoms with Crippen molar-refractivity contribution < 1.29 is 14.3 Å². The summed E-state index contributed by atoms with van der Waals surface area (Å²) in [4.78, 5) is 32.7. The van der Waals surface area contributed by atoms with Gasteiger partial charge in [-0.1, -0.05) is 35.5 Å². The summed E-state index contributed by atoms with van der Waals surface area (Å²) in [5.74, 6) is -0.757. The maximum Gasteiger partial charge on any atom is 0.306 e. The van der Waals surface area contributed by atoms with Gasteiger partial charge in [0.05, 0.1) is 5.02 Å². The number of ether oxygens (including phenoxy) is 1. The molecule has 0 amide bonds. The zero-order valence-corrected chi connectivity index (χ0v) is 15.9. The van der Waals surface area contributed by atoms with Crippen LogP contribution in [0.15, 0.2) is 29.4 Å². The van der Waals surface area contributed by atoms with Crippen LogP contribution in [0.25, 0.3) is 0 Å². The Kier molecular flexibility index (Phi) is 6.96. The molecule has 0 aliphatic carbocycles. The molecule has 0 aliphatic rings. The van der Waals surface area contributed by atoms with Gasteiger partial charge in [0.1, 0.15) is 0 Å². The Bertz CT molecular complexity index is 773. The van der Waals surface area contributed by atoms with E-state index in [1.165, 1.54) is 11.8 Å². The lowest BCUT2D eigenvalue weighted by Crippen LogP contribution is -2.15. The van der Waals surface area contributed by atoms with E-state index in [-0.39, 0.29) is 18.8 Å². The van der Waals surface area contributed by atoms with Crippen LogP contribution in [0, 0.1) is 13.8 Å². The molecule has 0 atom stereocenters. The first-order valence-electron chi connectivity index (χ1n) is 7.73. The Morgan fingerprint density at radius 3 is 2.40 bits per heavy atom. The van der Waals surface area contributed by atoms with Crippen LogP contribution < -0.4 is 0 Å². The quantitative estimate of drug-likeness (QED) is 0.315. The minimum absolute atomic E-state index is 0.166. The van der Waals surface area contributed by atoms with Crippen molar-refractivity contribution in [1.82, 2.24) is 9.97 Å². The molecule has 0 fully saturated rings. The molecule has 0 saturated carbocycles. The molecule has 2 rings (SSSR count). The molecular formula is C18H19ClN2O3S. The molecule has 0 aliphatic heterocycles. The third-order valence-electron chi connectivity index (χ3n) is 3.70. The molecule has 0 spiro atoms. The third-order valence-corrected chi connectivity index (χ3v) is 4.58. The van der Waals surface area contributed by atoms with E-state index in [1.807, 2.05) is 20.1 Å². The fourth-order valence-electron chi connectivity index (χ4n) is 2.37. The van der Waals surface area contributed by atoms with Crippen LogP contribution in [0.5, 0.6) is 0 Å². The molecule has 2 aromatic rings. The van der Waals surface area contributed by atoms with Crippen molar-refractivity contribution in [3.05, 3.63) is 51.8 Å². The Morgan fingerprint density at radius 2 is 1.80 bits per heavy atom. The number of nitrogens with zero attached hydrogens (tertiary/aromatic N) is 2. The van der Waals surface area contributed by atoms with Crippen molar-refractivity contribution in [2.45, 2.75) is 31.8 Å². The second-order valence-corrected chi connectivity index (χ2v) is 6.60. The highest BCUT2D eigenvalue weighted by atomic mass is 35.5. The molecule has 5 nitrogen and oxygen atoms in total. The lowest BCUT2D eigenvalue weighted by Gasteiger charge is -2.10. The van der Waals surface area contributed by atoms with Gasteiger partial charge in [0.2, 0.25) is 5.78 Å². The van der Waals surface area contributed by atoms with Crippen LogP contribution in [-0.2, 0) is 16.0 Å². The van der Waals surface area contributed by atoms with E-state index in [9.17, 15) is 9.59 Å². The predicted octanol–water partition coefficient (Wildman–Crippen LogP) is 3.83. The van der Waals surface area contributed by atoms with Gasteiger partial charge in [0.25, 0.3) is 0 Å². The number of rotatable bonds is 7. The van der Waals surface area contributed by atoms with Gasteiger partial charge in [-0.15, -0.1) is 0 Å². The summed E-state index contributed by atoms with van der Waals surface area (Å²) in [6.45, 7) is 3.48. The summed E-state index contributed by atoms with van der Waals surface area (Å²) in [5, 5.41) is 1.06. The Morgan fingerprint density at radius 1 is 1.16 bits per heavy atom. The van der Waals surface area contributed by atoms with E-state index in [1.54, 1.807) is 24.3 Å². The van der Waals surface area contributed by atoms with Crippen molar-refractivity contribution in [2.75, 3.05) is 12.9 Å². The van der Waals surface area contributed by atoms with Gasteiger partial charge >= 0.3 is 5.97 Å². The van der Waals surface area contributed by atoms with E-state index >= 15 is 0 Å². The first-order valence-corrected chi connectivity index (χ1v) is 9.34. The monoisotopic (exact) mass is 378 g/mol. The largest absolute Gasteiger partial charge is 0.457 e. The number of aryl methyl sites for hydroxylation is 2. The van der Waals surface area contributed by atoms with Gasteiger partial charge < -0.3 is 4.74 Å². The maximum atomic E-state index is 12.0. The van der Waals surface area contributed by atoms with Crippen LogP contribution in [0.3, 0.4) is 0 Å². The molecule has 132 valence electrons. The smallest absolute Gasteiger partial charge is 0.306 e. The highest BCUT2D eigenvalue weighted by molar-refractivity contribution is 7.98. The first-order chi connectivity index (χ1) is 11.9. The molecule has 0 unspecified atom stereocenters. The number of hydrogen-bond acceptors (Lipinski definition) is 6. The van der Waals surface area contributed by atoms with Gasteiger partial charge in [-0.3, -0.25) is 9.59 Å². The minimum atomic E-state index is -0.437. The van der Waals surface area contributed by atoms with Crippen molar-refractivity contribution in [3.8, 4) is 0 Å². The maximum absolute atomic E-state index is 12.0. The molecule has 25 heavy (non-hydrogen) atoms. The molecule has 1 aromatic heterocycles. The summed E-state index contributed by atoms with van der Waals surface area (Å²) in [7, 11) is 0. The number of Topliss-reactive ketones (excluding diaryl/α,β-unsaturated/α-hetero) is 1. The third kappa shape index (κ3) is 5.28. The van der Waals surface area contributed by atoms with Gasteiger partial charge in [0.15, 0.2) is 11.8 Å². The summed E-state index contributed by atoms with van der Waals surface area (Å²) < 4.78 is 5.07. The second kappa shape index (κ2) is 8.97. The van der Waals surface area contributed by atoms with Crippen LogP contribution in [0.1, 0.15) is 33.7 Å². The first kappa shape index (κ1) is 19.4. The minimum Gasteiger partial charge on any atom is -0.457 e. The van der Waals surface area contributed by atoms with Gasteiger partial charge in [-0.25, -0.2) is 9.97 Å². The molecule has 0 N–H and O–H groups in total. The van der Waals surface area contributed by atoms with E-state index in [0.29, 0.717) is 22.2 Å². The number of carbonyl (C=O) groups excluding carboxylic acids is 2. The van der Waals surface area contributed by atoms with Crippen molar-refractivity contribution >= 4 is 35.1 Å². The van der Waals surface area contributed by atoms with E-state index in [4.69, 9.17) is 16.3 Å². The summed E-state index contributed by atoms with van der Waals surface area (Å²) in [6, 6.07) is 6.68. The van der Waals surface area contributed by atoms with Gasteiger partial charge in [0, 0.05) is 23.4 Å². The van der Waals surface area contributed by atoms with E-state index in [2.05, 4.69) is 9.97 Å². The Labute approximate surface area is 156 Å². The fraction of sp³-hybridized carbons (Fsp3) is 0.333. The zero-order chi connectivity index (χ0) is 18.4. The summed E-state index contributed by atoms with van der Waals surface area (Å²) in [5.41, 5.74) is 3.01. The number of benzene rings is 1. The van der Waals surface area contributed by atoms with Gasteiger partial charge in [-0.2, -0.15) is 0 Å². The normalized spacial score (nSPS) is 10.6. The van der Waals surface area contributed by atoms with E-state index < -0.39 is 5.97 Å². The van der Waals surface area contributed by atoms with Crippen LogP contribution >= 0.6 is 23.4 Å². The number of hydrogen-bond donors (Lipinski definition) is 0. The fourth-order valence-corrected chi connectivity index (χ4v) is 3.07. The lowest BCUT2D eigenvalue weighted by atomic mass is 10.1. The number of thioether (sulfide) groups is 1. The van der Waals surface area contributed by atoms with Crippen LogP contribution in [0.2, 0.25) is 5.02 Å². The van der Waals surface area contributed by atoms with Crippen molar-refractivity contribution in [1.29, 1.82) is 0 Å². The highest BCUT2D eigenvalue weighted by Crippen LogP contribution is 2.18. The highest BCUT2D eigenvalue weighted by Gasteiger charge is 2.14. The number of ketones is 1. The van der Waals surface area contributed by atoms with Crippen molar-refractivity contribution in [3.63, 3.8) is 0 Å². The SMILES string of the molecule is CSc1nc(C)c(CCC(=O)OCC(=O)c2ccccc2Cl)c(C)n1.